The summed E-state index contributed by atoms with van der Waals surface area (Å²) in [5.41, 5.74) is 1.79. The van der Waals surface area contributed by atoms with Crippen LogP contribution in [0.5, 0.6) is 0 Å². The van der Waals surface area contributed by atoms with Gasteiger partial charge in [-0.15, -0.1) is 0 Å². The van der Waals surface area contributed by atoms with Crippen molar-refractivity contribution in [1.82, 2.24) is 10.2 Å². The molecule has 3 rings (SSSR count). The van der Waals surface area contributed by atoms with Crippen LogP contribution in [0.4, 0.5) is 5.69 Å². The molecule has 1 aromatic heterocycles. The lowest BCUT2D eigenvalue weighted by Crippen LogP contribution is -2.38. The molecule has 0 fully saturated rings. The van der Waals surface area contributed by atoms with Gasteiger partial charge in [0.15, 0.2) is 0 Å². The van der Waals surface area contributed by atoms with Crippen molar-refractivity contribution in [2.75, 3.05) is 32.5 Å². The number of rotatable bonds is 3. The maximum absolute atomic E-state index is 12.2. The van der Waals surface area contributed by atoms with Crippen molar-refractivity contribution in [2.24, 2.45) is 0 Å². The zero-order valence-electron chi connectivity index (χ0n) is 12.7. The number of carbonyl (C=O) groups excluding carboxylic acids is 2. The normalized spacial score (nSPS) is 15.0. The maximum atomic E-state index is 12.2. The molecule has 1 aromatic carbocycles. The molecule has 2 aromatic rings. The van der Waals surface area contributed by atoms with E-state index in [0.717, 1.165) is 10.9 Å². The molecule has 0 radical (unpaired) electrons. The molecule has 0 amide bonds. The number of hydrogen-bond acceptors (Lipinski definition) is 7. The van der Waals surface area contributed by atoms with Gasteiger partial charge in [-0.3, -0.25) is 5.10 Å². The van der Waals surface area contributed by atoms with Gasteiger partial charge >= 0.3 is 11.9 Å². The summed E-state index contributed by atoms with van der Waals surface area (Å²) in [4.78, 5) is 25.7. The molecule has 120 valence electrons. The van der Waals surface area contributed by atoms with Crippen LogP contribution in [-0.2, 0) is 23.8 Å². The number of aromatic amines is 1. The van der Waals surface area contributed by atoms with Crippen LogP contribution in [0.1, 0.15) is 0 Å². The van der Waals surface area contributed by atoms with Crippen molar-refractivity contribution in [3.63, 3.8) is 0 Å². The van der Waals surface area contributed by atoms with Crippen molar-refractivity contribution >= 4 is 28.5 Å². The average Bonchev–Trinajstić information content (AvgIpc) is 3.07. The molecule has 1 aliphatic heterocycles. The topological polar surface area (TPSA) is 93.8 Å². The molecule has 0 saturated carbocycles. The summed E-state index contributed by atoms with van der Waals surface area (Å²) < 4.78 is 15.0. The molecule has 1 N–H and O–H groups in total. The van der Waals surface area contributed by atoms with E-state index < -0.39 is 11.9 Å². The lowest BCUT2D eigenvalue weighted by molar-refractivity contribution is -0.140. The van der Waals surface area contributed by atoms with Crippen molar-refractivity contribution in [2.45, 2.75) is 0 Å². The van der Waals surface area contributed by atoms with Crippen LogP contribution in [0.15, 0.2) is 35.7 Å². The van der Waals surface area contributed by atoms with E-state index in [4.69, 9.17) is 14.2 Å². The lowest BCUT2D eigenvalue weighted by atomic mass is 10.1. The third-order valence-electron chi connectivity index (χ3n) is 3.57. The van der Waals surface area contributed by atoms with Gasteiger partial charge in [-0.1, -0.05) is 0 Å². The highest BCUT2D eigenvalue weighted by Crippen LogP contribution is 2.28. The largest absolute Gasteiger partial charge is 0.466 e. The highest BCUT2D eigenvalue weighted by Gasteiger charge is 2.32. The summed E-state index contributed by atoms with van der Waals surface area (Å²) in [5.74, 6) is -1.25. The Labute approximate surface area is 131 Å². The monoisotopic (exact) mass is 317 g/mol. The lowest BCUT2D eigenvalue weighted by Gasteiger charge is -2.31. The molecular formula is C15H15N3O5. The second-order valence-corrected chi connectivity index (χ2v) is 4.86. The van der Waals surface area contributed by atoms with Gasteiger partial charge in [0, 0.05) is 11.1 Å². The third kappa shape index (κ3) is 2.64. The first-order chi connectivity index (χ1) is 11.2. The summed E-state index contributed by atoms with van der Waals surface area (Å²) in [6.45, 7) is 0.107. The molecule has 0 bridgehead atoms. The van der Waals surface area contributed by atoms with Crippen molar-refractivity contribution in [3.05, 3.63) is 35.7 Å². The number of hydrogen-bond donors (Lipinski definition) is 1. The molecule has 23 heavy (non-hydrogen) atoms. The van der Waals surface area contributed by atoms with E-state index in [1.807, 2.05) is 12.1 Å². The van der Waals surface area contributed by atoms with Gasteiger partial charge in [0.25, 0.3) is 0 Å². The smallest absolute Gasteiger partial charge is 0.355 e. The molecule has 0 saturated heterocycles. The first kappa shape index (κ1) is 15.0. The molecule has 0 spiro atoms. The van der Waals surface area contributed by atoms with E-state index in [-0.39, 0.29) is 24.6 Å². The Morgan fingerprint density at radius 1 is 1.26 bits per heavy atom. The molecule has 0 aliphatic carbocycles. The summed E-state index contributed by atoms with van der Waals surface area (Å²) >= 11 is 0. The minimum absolute atomic E-state index is 0.0123. The Bertz CT molecular complexity index is 795. The number of carbonyl (C=O) groups is 2. The SMILES string of the molecule is COC(=O)C1=C(C(=O)OC)N(c2ccc3[nH]ncc3c2)COC1. The van der Waals surface area contributed by atoms with Gasteiger partial charge in [-0.05, 0) is 18.2 Å². The zero-order chi connectivity index (χ0) is 16.4. The van der Waals surface area contributed by atoms with E-state index in [1.165, 1.54) is 14.2 Å². The van der Waals surface area contributed by atoms with E-state index in [2.05, 4.69) is 10.2 Å². The van der Waals surface area contributed by atoms with Crippen LogP contribution in [0.2, 0.25) is 0 Å². The zero-order valence-corrected chi connectivity index (χ0v) is 12.7. The second kappa shape index (κ2) is 6.09. The quantitative estimate of drug-likeness (QED) is 0.843. The second-order valence-electron chi connectivity index (χ2n) is 4.86. The molecule has 8 nitrogen and oxygen atoms in total. The Hall–Kier alpha value is -2.87. The van der Waals surface area contributed by atoms with E-state index >= 15 is 0 Å². The van der Waals surface area contributed by atoms with Crippen LogP contribution in [0.25, 0.3) is 10.9 Å². The van der Waals surface area contributed by atoms with Crippen LogP contribution >= 0.6 is 0 Å². The van der Waals surface area contributed by atoms with Gasteiger partial charge < -0.3 is 19.1 Å². The highest BCUT2D eigenvalue weighted by molar-refractivity contribution is 6.03. The third-order valence-corrected chi connectivity index (χ3v) is 3.57. The molecular weight excluding hydrogens is 302 g/mol. The molecule has 1 aliphatic rings. The predicted octanol–water partition coefficient (Wildman–Crippen LogP) is 0.957. The highest BCUT2D eigenvalue weighted by atomic mass is 16.5. The van der Waals surface area contributed by atoms with Gasteiger partial charge in [0.2, 0.25) is 0 Å². The van der Waals surface area contributed by atoms with Crippen LogP contribution in [0.3, 0.4) is 0 Å². The fourth-order valence-electron chi connectivity index (χ4n) is 2.45. The predicted molar refractivity (Wildman–Crippen MR) is 80.4 cm³/mol. The number of methoxy groups -OCH3 is 2. The fourth-order valence-corrected chi connectivity index (χ4v) is 2.45. The Kier molecular flexibility index (Phi) is 3.98. The number of aromatic nitrogens is 2. The van der Waals surface area contributed by atoms with Gasteiger partial charge in [-0.2, -0.15) is 5.10 Å². The Balaban J connectivity index is 2.11. The Morgan fingerprint density at radius 2 is 2.04 bits per heavy atom. The Morgan fingerprint density at radius 3 is 2.78 bits per heavy atom. The number of esters is 2. The fraction of sp³-hybridized carbons (Fsp3) is 0.267. The number of H-pyrrole nitrogens is 1. The van der Waals surface area contributed by atoms with Crippen LogP contribution in [-0.4, -0.2) is 49.7 Å². The molecule has 2 heterocycles. The van der Waals surface area contributed by atoms with E-state index in [0.29, 0.717) is 5.69 Å². The number of nitrogens with one attached hydrogen (secondary N) is 1. The van der Waals surface area contributed by atoms with Gasteiger partial charge in [0.1, 0.15) is 12.4 Å². The van der Waals surface area contributed by atoms with Crippen molar-refractivity contribution < 1.29 is 23.8 Å². The minimum Gasteiger partial charge on any atom is -0.466 e. The summed E-state index contributed by atoms with van der Waals surface area (Å²) in [6, 6.07) is 5.47. The van der Waals surface area contributed by atoms with Gasteiger partial charge in [-0.25, -0.2) is 9.59 Å². The number of ether oxygens (including phenoxy) is 3. The van der Waals surface area contributed by atoms with Crippen LogP contribution < -0.4 is 4.90 Å². The number of fused-ring (bicyclic) bond motifs is 1. The van der Waals surface area contributed by atoms with Crippen molar-refractivity contribution in [3.8, 4) is 0 Å². The van der Waals surface area contributed by atoms with E-state index in [9.17, 15) is 9.59 Å². The first-order valence-electron chi connectivity index (χ1n) is 6.84. The minimum atomic E-state index is -0.625. The maximum Gasteiger partial charge on any atom is 0.355 e. The standard InChI is InChI=1S/C15H15N3O5/c1-21-14(19)11-7-23-8-18(13(11)15(20)22-2)10-3-4-12-9(5-10)6-16-17-12/h3-6H,7-8H2,1-2H3,(H,16,17). The van der Waals surface area contributed by atoms with Crippen molar-refractivity contribution in [1.29, 1.82) is 0 Å². The molecule has 8 heteroatoms. The molecule has 0 atom stereocenters. The number of benzene rings is 1. The molecule has 0 unspecified atom stereocenters. The number of nitrogens with zero attached hydrogens (tertiary/aromatic N) is 2. The van der Waals surface area contributed by atoms with Crippen LogP contribution in [0, 0.1) is 0 Å². The van der Waals surface area contributed by atoms with E-state index in [1.54, 1.807) is 17.2 Å². The average molecular weight is 317 g/mol. The van der Waals surface area contributed by atoms with Gasteiger partial charge in [0.05, 0.1) is 38.1 Å². The summed E-state index contributed by atoms with van der Waals surface area (Å²) in [6.07, 6.45) is 1.67. The number of anilines is 1. The summed E-state index contributed by atoms with van der Waals surface area (Å²) in [7, 11) is 2.51. The summed E-state index contributed by atoms with van der Waals surface area (Å²) in [5, 5.41) is 7.69. The first-order valence-corrected chi connectivity index (χ1v) is 6.84.